The first-order valence-corrected chi connectivity index (χ1v) is 7.08. The van der Waals surface area contributed by atoms with E-state index < -0.39 is 0 Å². The molecule has 1 N–H and O–H groups in total. The van der Waals surface area contributed by atoms with Gasteiger partial charge in [-0.25, -0.2) is 0 Å². The molecule has 0 bridgehead atoms. The summed E-state index contributed by atoms with van der Waals surface area (Å²) in [5.41, 5.74) is 0. The van der Waals surface area contributed by atoms with Gasteiger partial charge in [0.15, 0.2) is 0 Å². The molecule has 1 rings (SSSR count). The van der Waals surface area contributed by atoms with Crippen LogP contribution in [0, 0.1) is 0 Å². The molecular formula is C12H25NOS. The summed E-state index contributed by atoms with van der Waals surface area (Å²) < 4.78 is 5.58. The predicted molar refractivity (Wildman–Crippen MR) is 68.6 cm³/mol. The molecule has 2 nitrogen and oxygen atoms in total. The van der Waals surface area contributed by atoms with E-state index in [1.54, 1.807) is 0 Å². The molecule has 90 valence electrons. The van der Waals surface area contributed by atoms with Gasteiger partial charge < -0.3 is 10.1 Å². The average Bonchev–Trinajstić information content (AvgIpc) is 2.52. The molecule has 1 aliphatic rings. The Bertz CT molecular complexity index is 177. The minimum Gasteiger partial charge on any atom is -0.377 e. The van der Waals surface area contributed by atoms with Crippen molar-refractivity contribution in [2.75, 3.05) is 13.2 Å². The lowest BCUT2D eigenvalue weighted by molar-refractivity contribution is 0.127. The van der Waals surface area contributed by atoms with Gasteiger partial charge in [-0.05, 0) is 33.2 Å². The summed E-state index contributed by atoms with van der Waals surface area (Å²) in [7, 11) is 0. The molecule has 0 saturated carbocycles. The maximum absolute atomic E-state index is 5.58. The van der Waals surface area contributed by atoms with Crippen LogP contribution >= 0.6 is 11.8 Å². The Balaban J connectivity index is 2.19. The van der Waals surface area contributed by atoms with Gasteiger partial charge in [-0.15, -0.1) is 0 Å². The monoisotopic (exact) mass is 231 g/mol. The van der Waals surface area contributed by atoms with Crippen molar-refractivity contribution in [2.24, 2.45) is 0 Å². The highest BCUT2D eigenvalue weighted by atomic mass is 32.2. The molecule has 0 amide bonds. The van der Waals surface area contributed by atoms with Crippen LogP contribution in [0.2, 0.25) is 0 Å². The largest absolute Gasteiger partial charge is 0.377 e. The van der Waals surface area contributed by atoms with Gasteiger partial charge >= 0.3 is 0 Å². The van der Waals surface area contributed by atoms with Crippen molar-refractivity contribution in [3.8, 4) is 0 Å². The Kier molecular flexibility index (Phi) is 6.02. The molecule has 1 aliphatic heterocycles. The van der Waals surface area contributed by atoms with Crippen molar-refractivity contribution in [3.63, 3.8) is 0 Å². The molecule has 1 saturated heterocycles. The predicted octanol–water partition coefficient (Wildman–Crippen LogP) is 2.67. The lowest BCUT2D eigenvalue weighted by Gasteiger charge is -2.22. The Morgan fingerprint density at radius 1 is 1.47 bits per heavy atom. The molecule has 1 heterocycles. The third-order valence-corrected chi connectivity index (χ3v) is 4.58. The summed E-state index contributed by atoms with van der Waals surface area (Å²) >= 11 is 2.10. The van der Waals surface area contributed by atoms with Crippen LogP contribution < -0.4 is 5.32 Å². The van der Waals surface area contributed by atoms with E-state index in [9.17, 15) is 0 Å². The Morgan fingerprint density at radius 2 is 2.20 bits per heavy atom. The highest BCUT2D eigenvalue weighted by Gasteiger charge is 2.26. The number of hydrogen-bond donors (Lipinski definition) is 1. The number of nitrogens with one attached hydrogen (secondary N) is 1. The van der Waals surface area contributed by atoms with Crippen LogP contribution in [0.4, 0.5) is 0 Å². The maximum atomic E-state index is 5.58. The molecule has 1 fully saturated rings. The highest BCUT2D eigenvalue weighted by molar-refractivity contribution is 8.00. The van der Waals surface area contributed by atoms with Crippen molar-refractivity contribution in [1.82, 2.24) is 5.32 Å². The summed E-state index contributed by atoms with van der Waals surface area (Å²) in [6.45, 7) is 11.0. The summed E-state index contributed by atoms with van der Waals surface area (Å²) in [5, 5.41) is 4.91. The van der Waals surface area contributed by atoms with Crippen molar-refractivity contribution in [3.05, 3.63) is 0 Å². The minimum atomic E-state index is 0.451. The first kappa shape index (κ1) is 13.3. The zero-order valence-corrected chi connectivity index (χ0v) is 11.3. The van der Waals surface area contributed by atoms with E-state index in [4.69, 9.17) is 4.74 Å². The molecule has 0 aromatic rings. The second-order valence-corrected chi connectivity index (χ2v) is 6.23. The fourth-order valence-corrected chi connectivity index (χ4v) is 3.70. The van der Waals surface area contributed by atoms with Crippen molar-refractivity contribution >= 4 is 11.8 Å². The fraction of sp³-hybridized carbons (Fsp3) is 1.00. The number of rotatable bonds is 6. The van der Waals surface area contributed by atoms with Crippen LogP contribution in [-0.4, -0.2) is 35.8 Å². The van der Waals surface area contributed by atoms with Gasteiger partial charge in [-0.1, -0.05) is 13.8 Å². The number of ether oxygens (including phenoxy) is 1. The van der Waals surface area contributed by atoms with Crippen molar-refractivity contribution < 1.29 is 4.74 Å². The van der Waals surface area contributed by atoms with Crippen LogP contribution in [0.1, 0.15) is 40.5 Å². The summed E-state index contributed by atoms with van der Waals surface area (Å²) in [6.07, 6.45) is 2.93. The molecule has 15 heavy (non-hydrogen) atoms. The lowest BCUT2D eigenvalue weighted by atomic mass is 10.2. The number of hydrogen-bond acceptors (Lipinski definition) is 3. The number of thioether (sulfide) groups is 1. The van der Waals surface area contributed by atoms with Gasteiger partial charge in [0.2, 0.25) is 0 Å². The van der Waals surface area contributed by atoms with E-state index >= 15 is 0 Å². The van der Waals surface area contributed by atoms with E-state index in [0.29, 0.717) is 17.4 Å². The molecule has 0 aliphatic carbocycles. The molecule has 0 spiro atoms. The zero-order valence-electron chi connectivity index (χ0n) is 10.5. The standard InChI is InChI=1S/C12H25NOS/c1-5-13-9(2)8-10(3)15-12-6-7-14-11(12)4/h9-13H,5-8H2,1-4H3. The Labute approximate surface area is 98.5 Å². The molecule has 0 radical (unpaired) electrons. The molecule has 0 aromatic heterocycles. The topological polar surface area (TPSA) is 21.3 Å². The quantitative estimate of drug-likeness (QED) is 0.759. The average molecular weight is 231 g/mol. The van der Waals surface area contributed by atoms with Crippen molar-refractivity contribution in [1.29, 1.82) is 0 Å². The zero-order chi connectivity index (χ0) is 11.3. The van der Waals surface area contributed by atoms with Crippen LogP contribution in [0.25, 0.3) is 0 Å². The van der Waals surface area contributed by atoms with E-state index in [-0.39, 0.29) is 0 Å². The third-order valence-electron chi connectivity index (χ3n) is 2.95. The molecular weight excluding hydrogens is 206 g/mol. The SMILES string of the molecule is CCNC(C)CC(C)SC1CCOC1C. The maximum Gasteiger partial charge on any atom is 0.0666 e. The van der Waals surface area contributed by atoms with Gasteiger partial charge in [0.25, 0.3) is 0 Å². The third kappa shape index (κ3) is 4.75. The Morgan fingerprint density at radius 3 is 2.73 bits per heavy atom. The second kappa shape index (κ2) is 6.77. The van der Waals surface area contributed by atoms with Gasteiger partial charge in [-0.2, -0.15) is 11.8 Å². The highest BCUT2D eigenvalue weighted by Crippen LogP contribution is 2.31. The van der Waals surface area contributed by atoms with Crippen LogP contribution in [0.5, 0.6) is 0 Å². The van der Waals surface area contributed by atoms with Crippen LogP contribution in [-0.2, 0) is 4.74 Å². The fourth-order valence-electron chi connectivity index (χ4n) is 2.17. The van der Waals surface area contributed by atoms with Crippen molar-refractivity contribution in [2.45, 2.75) is 63.2 Å². The summed E-state index contributed by atoms with van der Waals surface area (Å²) in [4.78, 5) is 0. The molecule has 4 atom stereocenters. The second-order valence-electron chi connectivity index (χ2n) is 4.54. The summed E-state index contributed by atoms with van der Waals surface area (Å²) in [6, 6.07) is 0.634. The summed E-state index contributed by atoms with van der Waals surface area (Å²) in [5.74, 6) is 0. The Hall–Kier alpha value is 0.270. The molecule has 4 unspecified atom stereocenters. The molecule has 3 heteroatoms. The van der Waals surface area contributed by atoms with E-state index in [0.717, 1.165) is 18.4 Å². The normalized spacial score (nSPS) is 30.4. The van der Waals surface area contributed by atoms with E-state index in [1.165, 1.54) is 12.8 Å². The first-order chi connectivity index (χ1) is 7.13. The van der Waals surface area contributed by atoms with Gasteiger partial charge in [0.05, 0.1) is 6.10 Å². The van der Waals surface area contributed by atoms with E-state index in [1.807, 2.05) is 0 Å². The van der Waals surface area contributed by atoms with Gasteiger partial charge in [-0.3, -0.25) is 0 Å². The van der Waals surface area contributed by atoms with E-state index in [2.05, 4.69) is 44.8 Å². The van der Waals surface area contributed by atoms with Gasteiger partial charge in [0, 0.05) is 23.1 Å². The minimum absolute atomic E-state index is 0.451. The first-order valence-electron chi connectivity index (χ1n) is 6.14. The van der Waals surface area contributed by atoms with Crippen LogP contribution in [0.3, 0.4) is 0 Å². The smallest absolute Gasteiger partial charge is 0.0666 e. The van der Waals surface area contributed by atoms with Crippen LogP contribution in [0.15, 0.2) is 0 Å². The molecule has 0 aromatic carbocycles. The van der Waals surface area contributed by atoms with Gasteiger partial charge in [0.1, 0.15) is 0 Å². The lowest BCUT2D eigenvalue weighted by Crippen LogP contribution is -2.29.